The van der Waals surface area contributed by atoms with Crippen LogP contribution in [0.25, 0.3) is 0 Å². The quantitative estimate of drug-likeness (QED) is 0.689. The Morgan fingerprint density at radius 2 is 1.95 bits per heavy atom. The number of carbonyl (C=O) groups excluding carboxylic acids is 2. The topological polar surface area (TPSA) is 84.2 Å². The van der Waals surface area contributed by atoms with Crippen molar-refractivity contribution >= 4 is 17.5 Å². The van der Waals surface area contributed by atoms with Crippen LogP contribution in [-0.2, 0) is 16.1 Å². The van der Waals surface area contributed by atoms with E-state index in [1.807, 2.05) is 45.0 Å². The summed E-state index contributed by atoms with van der Waals surface area (Å²) >= 11 is 0. The summed E-state index contributed by atoms with van der Waals surface area (Å²) in [5.41, 5.74) is 7.44. The summed E-state index contributed by atoms with van der Waals surface area (Å²) in [4.78, 5) is 23.7. The molecule has 0 bridgehead atoms. The number of hydrogen-bond acceptors (Lipinski definition) is 3. The zero-order valence-corrected chi connectivity index (χ0v) is 13.7. The van der Waals surface area contributed by atoms with Gasteiger partial charge in [0.2, 0.25) is 11.8 Å². The van der Waals surface area contributed by atoms with Crippen LogP contribution in [-0.4, -0.2) is 17.9 Å². The minimum atomic E-state index is -0.460. The van der Waals surface area contributed by atoms with Crippen molar-refractivity contribution in [3.05, 3.63) is 29.8 Å². The lowest BCUT2D eigenvalue weighted by atomic mass is 10.1. The summed E-state index contributed by atoms with van der Waals surface area (Å²) < 4.78 is 0. The Hall–Kier alpha value is -1.88. The molecule has 122 valence electrons. The number of rotatable bonds is 8. The van der Waals surface area contributed by atoms with Crippen LogP contribution in [0.1, 0.15) is 45.6 Å². The highest BCUT2D eigenvalue weighted by molar-refractivity contribution is 5.92. The molecule has 0 aliphatic heterocycles. The number of benzene rings is 1. The van der Waals surface area contributed by atoms with Crippen molar-refractivity contribution in [3.63, 3.8) is 0 Å². The average Bonchev–Trinajstić information content (AvgIpc) is 2.52. The van der Waals surface area contributed by atoms with Crippen LogP contribution in [0, 0.1) is 5.92 Å². The molecule has 22 heavy (non-hydrogen) atoms. The lowest BCUT2D eigenvalue weighted by molar-refractivity contribution is -0.122. The Bertz CT molecular complexity index is 502. The number of nitrogens with one attached hydrogen (secondary N) is 2. The van der Waals surface area contributed by atoms with Crippen molar-refractivity contribution < 1.29 is 9.59 Å². The van der Waals surface area contributed by atoms with Crippen LogP contribution in [0.5, 0.6) is 0 Å². The Morgan fingerprint density at radius 1 is 1.23 bits per heavy atom. The van der Waals surface area contributed by atoms with Crippen LogP contribution in [0.4, 0.5) is 5.69 Å². The monoisotopic (exact) mass is 305 g/mol. The molecule has 1 aromatic carbocycles. The first-order chi connectivity index (χ1) is 10.5. The highest BCUT2D eigenvalue weighted by atomic mass is 16.2. The van der Waals surface area contributed by atoms with Gasteiger partial charge in [-0.2, -0.15) is 0 Å². The molecular formula is C17H27N3O2. The van der Waals surface area contributed by atoms with E-state index in [1.54, 1.807) is 0 Å². The Balaban J connectivity index is 2.57. The molecule has 0 heterocycles. The van der Waals surface area contributed by atoms with Crippen molar-refractivity contribution in [1.29, 1.82) is 0 Å². The predicted molar refractivity (Wildman–Crippen MR) is 89.3 cm³/mol. The van der Waals surface area contributed by atoms with Gasteiger partial charge >= 0.3 is 0 Å². The molecule has 2 amide bonds. The molecule has 5 nitrogen and oxygen atoms in total. The smallest absolute Gasteiger partial charge is 0.237 e. The average molecular weight is 305 g/mol. The molecule has 1 aromatic rings. The van der Waals surface area contributed by atoms with Gasteiger partial charge in [0.25, 0.3) is 0 Å². The van der Waals surface area contributed by atoms with Gasteiger partial charge in [0.1, 0.15) is 0 Å². The summed E-state index contributed by atoms with van der Waals surface area (Å²) in [6.07, 6.45) is 2.36. The van der Waals surface area contributed by atoms with Gasteiger partial charge in [-0.15, -0.1) is 0 Å². The van der Waals surface area contributed by atoms with Gasteiger partial charge < -0.3 is 16.4 Å². The SMILES string of the molecule is CCCC(N)C(=O)NCc1cccc(NC(=O)C(C)CC)c1. The number of nitrogens with two attached hydrogens (primary N) is 1. The third kappa shape index (κ3) is 5.85. The zero-order chi connectivity index (χ0) is 16.5. The largest absolute Gasteiger partial charge is 0.351 e. The molecule has 0 saturated heterocycles. The van der Waals surface area contributed by atoms with E-state index in [0.29, 0.717) is 13.0 Å². The first-order valence-electron chi connectivity index (χ1n) is 7.91. The van der Waals surface area contributed by atoms with Gasteiger partial charge in [-0.3, -0.25) is 9.59 Å². The zero-order valence-electron chi connectivity index (χ0n) is 13.7. The number of amides is 2. The molecule has 1 rings (SSSR count). The summed E-state index contributed by atoms with van der Waals surface area (Å²) in [5.74, 6) is -0.153. The maximum Gasteiger partial charge on any atom is 0.237 e. The summed E-state index contributed by atoms with van der Waals surface area (Å²) in [6, 6.07) is 7.02. The van der Waals surface area contributed by atoms with E-state index in [1.165, 1.54) is 0 Å². The van der Waals surface area contributed by atoms with Gasteiger partial charge in [0.15, 0.2) is 0 Å². The van der Waals surface area contributed by atoms with Gasteiger partial charge in [-0.25, -0.2) is 0 Å². The van der Waals surface area contributed by atoms with Gasteiger partial charge in [0, 0.05) is 18.2 Å². The van der Waals surface area contributed by atoms with Crippen molar-refractivity contribution in [2.75, 3.05) is 5.32 Å². The normalized spacial score (nSPS) is 13.3. The van der Waals surface area contributed by atoms with E-state index in [2.05, 4.69) is 10.6 Å². The van der Waals surface area contributed by atoms with E-state index >= 15 is 0 Å². The van der Waals surface area contributed by atoms with Crippen molar-refractivity contribution in [2.24, 2.45) is 11.7 Å². The minimum absolute atomic E-state index is 0.00801. The van der Waals surface area contributed by atoms with Crippen molar-refractivity contribution in [1.82, 2.24) is 5.32 Å². The van der Waals surface area contributed by atoms with Crippen LogP contribution < -0.4 is 16.4 Å². The number of carbonyl (C=O) groups is 2. The van der Waals surface area contributed by atoms with E-state index in [4.69, 9.17) is 5.73 Å². The summed E-state index contributed by atoms with van der Waals surface area (Å²) in [6.45, 7) is 6.28. The first-order valence-corrected chi connectivity index (χ1v) is 7.91. The molecule has 0 aromatic heterocycles. The standard InChI is InChI=1S/C17H27N3O2/c1-4-7-15(18)17(22)19-11-13-8-6-9-14(10-13)20-16(21)12(3)5-2/h6,8-10,12,15H,4-5,7,11,18H2,1-3H3,(H,19,22)(H,20,21). The highest BCUT2D eigenvalue weighted by Gasteiger charge is 2.12. The molecule has 0 radical (unpaired) electrons. The predicted octanol–water partition coefficient (Wildman–Crippen LogP) is 2.41. The summed E-state index contributed by atoms with van der Waals surface area (Å²) in [7, 11) is 0. The van der Waals surface area contributed by atoms with Gasteiger partial charge in [0.05, 0.1) is 6.04 Å². The maximum absolute atomic E-state index is 11.9. The van der Waals surface area contributed by atoms with Crippen molar-refractivity contribution in [2.45, 2.75) is 52.6 Å². The fourth-order valence-corrected chi connectivity index (χ4v) is 1.97. The van der Waals surface area contributed by atoms with E-state index in [9.17, 15) is 9.59 Å². The van der Waals surface area contributed by atoms with Gasteiger partial charge in [-0.1, -0.05) is 39.3 Å². The van der Waals surface area contributed by atoms with E-state index < -0.39 is 6.04 Å². The van der Waals surface area contributed by atoms with Crippen LogP contribution in [0.2, 0.25) is 0 Å². The molecule has 2 atom stereocenters. The highest BCUT2D eigenvalue weighted by Crippen LogP contribution is 2.13. The molecule has 2 unspecified atom stereocenters. The maximum atomic E-state index is 11.9. The molecule has 0 saturated carbocycles. The molecule has 4 N–H and O–H groups in total. The molecule has 0 fully saturated rings. The minimum Gasteiger partial charge on any atom is -0.351 e. The Kier molecular flexibility index (Phi) is 7.60. The van der Waals surface area contributed by atoms with E-state index in [0.717, 1.165) is 24.1 Å². The lowest BCUT2D eigenvalue weighted by Gasteiger charge is -2.13. The third-order valence-corrected chi connectivity index (χ3v) is 3.66. The third-order valence-electron chi connectivity index (χ3n) is 3.66. The van der Waals surface area contributed by atoms with Gasteiger partial charge in [-0.05, 0) is 30.5 Å². The second kappa shape index (κ2) is 9.20. The molecular weight excluding hydrogens is 278 g/mol. The molecule has 5 heteroatoms. The molecule has 0 spiro atoms. The molecule has 0 aliphatic carbocycles. The second-order valence-corrected chi connectivity index (χ2v) is 5.61. The Labute approximate surface area is 132 Å². The fraction of sp³-hybridized carbons (Fsp3) is 0.529. The fourth-order valence-electron chi connectivity index (χ4n) is 1.97. The second-order valence-electron chi connectivity index (χ2n) is 5.61. The number of anilines is 1. The van der Waals surface area contributed by atoms with Crippen molar-refractivity contribution in [3.8, 4) is 0 Å². The Morgan fingerprint density at radius 3 is 2.59 bits per heavy atom. The van der Waals surface area contributed by atoms with Crippen LogP contribution >= 0.6 is 0 Å². The van der Waals surface area contributed by atoms with E-state index in [-0.39, 0.29) is 17.7 Å². The van der Waals surface area contributed by atoms with Crippen LogP contribution in [0.3, 0.4) is 0 Å². The summed E-state index contributed by atoms with van der Waals surface area (Å²) in [5, 5.41) is 5.71. The number of hydrogen-bond donors (Lipinski definition) is 3. The first kappa shape index (κ1) is 18.2. The van der Waals surface area contributed by atoms with Crippen LogP contribution in [0.15, 0.2) is 24.3 Å². The lowest BCUT2D eigenvalue weighted by Crippen LogP contribution is -2.40. The molecule has 0 aliphatic rings.